The van der Waals surface area contributed by atoms with Crippen LogP contribution in [0.4, 0.5) is 11.4 Å². The summed E-state index contributed by atoms with van der Waals surface area (Å²) >= 11 is 0. The minimum absolute atomic E-state index is 0.0521. The van der Waals surface area contributed by atoms with Gasteiger partial charge in [0, 0.05) is 17.7 Å². The predicted molar refractivity (Wildman–Crippen MR) is 76.4 cm³/mol. The van der Waals surface area contributed by atoms with Crippen LogP contribution in [0.15, 0.2) is 48.5 Å². The van der Waals surface area contributed by atoms with E-state index in [1.165, 1.54) is 30.3 Å². The van der Waals surface area contributed by atoms with Crippen molar-refractivity contribution in [3.8, 4) is 5.75 Å². The average Bonchev–Trinajstić information content (AvgIpc) is 2.48. The Morgan fingerprint density at radius 2 is 1.45 bits per heavy atom. The number of amides is 1. The molecule has 0 aliphatic rings. The zero-order chi connectivity index (χ0) is 16.7. The van der Waals surface area contributed by atoms with E-state index in [0.29, 0.717) is 5.56 Å². The molecule has 0 radical (unpaired) electrons. The number of hydrogen-bond acceptors (Lipinski definition) is 6. The number of carbonyl (C=O) groups is 1. The third-order valence-electron chi connectivity index (χ3n) is 2.38. The molecule has 0 aromatic heterocycles. The monoisotopic (exact) mass is 305 g/mol. The topological polar surface area (TPSA) is 150 Å². The normalized spacial score (nSPS) is 9.27. The number of aromatic hydroxyl groups is 1. The molecule has 9 nitrogen and oxygen atoms in total. The zero-order valence-corrected chi connectivity index (χ0v) is 11.1. The van der Waals surface area contributed by atoms with Crippen LogP contribution < -0.4 is 5.73 Å². The maximum absolute atomic E-state index is 10.5. The van der Waals surface area contributed by atoms with Crippen molar-refractivity contribution in [2.45, 2.75) is 0 Å². The maximum atomic E-state index is 10.5. The Kier molecular flexibility index (Phi) is 5.52. The number of nitro benzene ring substituents is 2. The van der Waals surface area contributed by atoms with Crippen LogP contribution >= 0.6 is 0 Å². The number of rotatable bonds is 3. The summed E-state index contributed by atoms with van der Waals surface area (Å²) in [5, 5.41) is 29.2. The molecule has 2 aromatic rings. The average molecular weight is 305 g/mol. The van der Waals surface area contributed by atoms with Crippen molar-refractivity contribution < 1.29 is 19.7 Å². The number of phenols is 1. The third-order valence-corrected chi connectivity index (χ3v) is 2.38. The van der Waals surface area contributed by atoms with Crippen molar-refractivity contribution in [1.82, 2.24) is 0 Å². The second-order valence-electron chi connectivity index (χ2n) is 3.95. The van der Waals surface area contributed by atoms with E-state index in [9.17, 15) is 25.0 Å². The largest absolute Gasteiger partial charge is 0.508 e. The molecular formula is C13H11N3O6. The summed E-state index contributed by atoms with van der Waals surface area (Å²) < 4.78 is 0. The molecule has 0 atom stereocenters. The Morgan fingerprint density at radius 1 is 0.955 bits per heavy atom. The molecule has 0 saturated carbocycles. The SMILES string of the molecule is NC(=O)c1cccc(O)c1.O=[N+]([O-])c1cccc([N+](=O)[O-])c1. The van der Waals surface area contributed by atoms with Gasteiger partial charge >= 0.3 is 0 Å². The van der Waals surface area contributed by atoms with E-state index in [4.69, 9.17) is 10.8 Å². The van der Waals surface area contributed by atoms with Crippen LogP contribution in [-0.4, -0.2) is 20.9 Å². The van der Waals surface area contributed by atoms with Gasteiger partial charge < -0.3 is 10.8 Å². The third kappa shape index (κ3) is 4.89. The number of carbonyl (C=O) groups excluding carboxylic acids is 1. The Bertz CT molecular complexity index is 687. The van der Waals surface area contributed by atoms with Gasteiger partial charge in [0.15, 0.2) is 0 Å². The van der Waals surface area contributed by atoms with Gasteiger partial charge in [0.2, 0.25) is 5.91 Å². The number of nitrogens with zero attached hydrogens (tertiary/aromatic N) is 2. The minimum atomic E-state index is -0.674. The summed E-state index contributed by atoms with van der Waals surface area (Å²) in [7, 11) is 0. The van der Waals surface area contributed by atoms with E-state index < -0.39 is 15.8 Å². The smallest absolute Gasteiger partial charge is 0.276 e. The number of phenolic OH excluding ortho intramolecular Hbond substituents is 1. The summed E-state index contributed by atoms with van der Waals surface area (Å²) in [6, 6.07) is 10.5. The fourth-order valence-corrected chi connectivity index (χ4v) is 1.38. The van der Waals surface area contributed by atoms with Crippen LogP contribution in [0.5, 0.6) is 5.75 Å². The molecular weight excluding hydrogens is 294 g/mol. The Balaban J connectivity index is 0.000000224. The van der Waals surface area contributed by atoms with Gasteiger partial charge in [-0.3, -0.25) is 25.0 Å². The fourth-order valence-electron chi connectivity index (χ4n) is 1.38. The summed E-state index contributed by atoms with van der Waals surface area (Å²) in [5.41, 5.74) is 4.70. The highest BCUT2D eigenvalue weighted by Crippen LogP contribution is 2.18. The first-order valence-electron chi connectivity index (χ1n) is 5.79. The molecule has 22 heavy (non-hydrogen) atoms. The van der Waals surface area contributed by atoms with Crippen molar-refractivity contribution in [3.63, 3.8) is 0 Å². The molecule has 1 amide bonds. The molecule has 3 N–H and O–H groups in total. The number of primary amides is 1. The lowest BCUT2D eigenvalue weighted by molar-refractivity contribution is -0.394. The summed E-state index contributed by atoms with van der Waals surface area (Å²) in [6.07, 6.45) is 0. The number of hydrogen-bond donors (Lipinski definition) is 2. The van der Waals surface area contributed by atoms with Gasteiger partial charge in [-0.2, -0.15) is 0 Å². The van der Waals surface area contributed by atoms with Crippen LogP contribution in [0.25, 0.3) is 0 Å². The highest BCUT2D eigenvalue weighted by molar-refractivity contribution is 5.93. The second kappa shape index (κ2) is 7.33. The Labute approximate surface area is 123 Å². The van der Waals surface area contributed by atoms with Gasteiger partial charge in [-0.05, 0) is 24.3 Å². The first-order valence-corrected chi connectivity index (χ1v) is 5.79. The molecule has 114 valence electrons. The predicted octanol–water partition coefficient (Wildman–Crippen LogP) is 1.99. The van der Waals surface area contributed by atoms with E-state index in [2.05, 4.69) is 0 Å². The van der Waals surface area contributed by atoms with Gasteiger partial charge in [-0.1, -0.05) is 6.07 Å². The molecule has 0 bridgehead atoms. The lowest BCUT2D eigenvalue weighted by atomic mass is 10.2. The lowest BCUT2D eigenvalue weighted by Gasteiger charge is -1.93. The van der Waals surface area contributed by atoms with E-state index >= 15 is 0 Å². The van der Waals surface area contributed by atoms with E-state index in [1.807, 2.05) is 0 Å². The van der Waals surface area contributed by atoms with Crippen molar-refractivity contribution in [1.29, 1.82) is 0 Å². The van der Waals surface area contributed by atoms with Crippen LogP contribution in [-0.2, 0) is 0 Å². The zero-order valence-electron chi connectivity index (χ0n) is 11.1. The van der Waals surface area contributed by atoms with Crippen LogP contribution in [0, 0.1) is 20.2 Å². The van der Waals surface area contributed by atoms with Gasteiger partial charge in [0.1, 0.15) is 5.75 Å². The van der Waals surface area contributed by atoms with E-state index in [-0.39, 0.29) is 17.1 Å². The quantitative estimate of drug-likeness (QED) is 0.653. The van der Waals surface area contributed by atoms with Gasteiger partial charge in [0.25, 0.3) is 11.4 Å². The molecule has 0 spiro atoms. The fraction of sp³-hybridized carbons (Fsp3) is 0. The molecule has 2 aromatic carbocycles. The maximum Gasteiger partial charge on any atom is 0.276 e. The highest BCUT2D eigenvalue weighted by atomic mass is 16.6. The number of nitrogens with two attached hydrogens (primary N) is 1. The van der Waals surface area contributed by atoms with Gasteiger partial charge in [-0.25, -0.2) is 0 Å². The first-order chi connectivity index (χ1) is 10.3. The lowest BCUT2D eigenvalue weighted by Crippen LogP contribution is -2.10. The first kappa shape index (κ1) is 16.6. The molecule has 0 saturated heterocycles. The van der Waals surface area contributed by atoms with Crippen LogP contribution in [0.1, 0.15) is 10.4 Å². The molecule has 0 fully saturated rings. The molecule has 9 heteroatoms. The van der Waals surface area contributed by atoms with Gasteiger partial charge in [-0.15, -0.1) is 0 Å². The summed E-state index contributed by atoms with van der Waals surface area (Å²) in [5.74, 6) is -0.479. The Morgan fingerprint density at radius 3 is 1.82 bits per heavy atom. The minimum Gasteiger partial charge on any atom is -0.508 e. The molecule has 0 aliphatic carbocycles. The van der Waals surface area contributed by atoms with Crippen LogP contribution in [0.2, 0.25) is 0 Å². The molecule has 0 aliphatic heterocycles. The van der Waals surface area contributed by atoms with E-state index in [1.54, 1.807) is 12.1 Å². The van der Waals surface area contributed by atoms with Crippen molar-refractivity contribution >= 4 is 17.3 Å². The standard InChI is InChI=1S/C7H7NO2.C6H4N2O4/c8-7(10)5-2-1-3-6(9)4-5;9-7(10)5-2-1-3-6(4-5)8(11)12/h1-4,9H,(H2,8,10);1-4H. The van der Waals surface area contributed by atoms with Gasteiger partial charge in [0.05, 0.1) is 15.9 Å². The molecule has 0 heterocycles. The van der Waals surface area contributed by atoms with Crippen molar-refractivity contribution in [2.24, 2.45) is 5.73 Å². The highest BCUT2D eigenvalue weighted by Gasteiger charge is 2.11. The molecule has 0 unspecified atom stereocenters. The van der Waals surface area contributed by atoms with Crippen molar-refractivity contribution in [3.05, 3.63) is 74.3 Å². The van der Waals surface area contributed by atoms with E-state index in [0.717, 1.165) is 6.07 Å². The second-order valence-corrected chi connectivity index (χ2v) is 3.95. The summed E-state index contributed by atoms with van der Waals surface area (Å²) in [4.78, 5) is 29.4. The number of benzene rings is 2. The number of nitro groups is 2. The molecule has 2 rings (SSSR count). The van der Waals surface area contributed by atoms with Crippen LogP contribution in [0.3, 0.4) is 0 Å². The summed E-state index contributed by atoms with van der Waals surface area (Å²) in [6.45, 7) is 0. The Hall–Kier alpha value is -3.49. The van der Waals surface area contributed by atoms with Crippen molar-refractivity contribution in [2.75, 3.05) is 0 Å². The number of non-ortho nitro benzene ring substituents is 2.